The van der Waals surface area contributed by atoms with Crippen LogP contribution < -0.4 is 16.4 Å². The smallest absolute Gasteiger partial charge is 0.368 e. The van der Waals surface area contributed by atoms with Crippen LogP contribution in [0.25, 0.3) is 0 Å². The van der Waals surface area contributed by atoms with E-state index in [9.17, 15) is 37.1 Å². The average molecular weight is 530 g/mol. The Bertz CT molecular complexity index is 1100. The average Bonchev–Trinajstić information content (AvgIpc) is 3.40. The van der Waals surface area contributed by atoms with E-state index in [4.69, 9.17) is 5.73 Å². The zero-order valence-corrected chi connectivity index (χ0v) is 20.8. The first-order chi connectivity index (χ1) is 17.1. The van der Waals surface area contributed by atoms with Crippen LogP contribution in [0.3, 0.4) is 0 Å². The molecule has 12 nitrogen and oxygen atoms in total. The number of carbonyl (C=O) groups is 5. The molecule has 1 aromatic rings. The number of nitrogens with zero attached hydrogens (tertiary/aromatic N) is 4. The van der Waals surface area contributed by atoms with Gasteiger partial charge < -0.3 is 26.2 Å². The quantitative estimate of drug-likeness (QED) is 0.445. The van der Waals surface area contributed by atoms with Gasteiger partial charge in [0.05, 0.1) is 18.2 Å². The molecule has 37 heavy (non-hydrogen) atoms. The summed E-state index contributed by atoms with van der Waals surface area (Å²) in [4.78, 5) is 65.5. The monoisotopic (exact) mass is 529 g/mol. The molecule has 0 saturated carbocycles. The lowest BCUT2D eigenvalue weighted by atomic mass is 9.83. The molecule has 1 aromatic heterocycles. The summed E-state index contributed by atoms with van der Waals surface area (Å²) in [6, 6.07) is -2.33. The highest BCUT2D eigenvalue weighted by molar-refractivity contribution is 6.00. The van der Waals surface area contributed by atoms with Gasteiger partial charge in [-0.05, 0) is 25.7 Å². The summed E-state index contributed by atoms with van der Waals surface area (Å²) in [5.74, 6) is -4.82. The highest BCUT2D eigenvalue weighted by Gasteiger charge is 2.56. The number of nitrogens with two attached hydrogens (primary N) is 1. The van der Waals surface area contributed by atoms with Gasteiger partial charge in [-0.25, -0.2) is 4.68 Å². The van der Waals surface area contributed by atoms with Crippen molar-refractivity contribution in [1.29, 1.82) is 0 Å². The molecule has 2 aliphatic rings. The van der Waals surface area contributed by atoms with Crippen molar-refractivity contribution in [2.75, 3.05) is 18.9 Å². The number of amides is 5. The predicted octanol–water partition coefficient (Wildman–Crippen LogP) is -0.152. The van der Waals surface area contributed by atoms with E-state index in [1.54, 1.807) is 29.9 Å². The molecular formula is C22H30F3N7O5. The lowest BCUT2D eigenvalue weighted by Crippen LogP contribution is -2.57. The second-order valence-corrected chi connectivity index (χ2v) is 9.98. The fourth-order valence-electron chi connectivity index (χ4n) is 4.78. The Kier molecular flexibility index (Phi) is 7.56. The van der Waals surface area contributed by atoms with E-state index in [0.29, 0.717) is 5.82 Å². The van der Waals surface area contributed by atoms with Crippen molar-refractivity contribution >= 4 is 35.4 Å². The number of fused-ring (bicyclic) bond motifs is 1. The zero-order chi connectivity index (χ0) is 27.9. The molecule has 15 heteroatoms. The Morgan fingerprint density at radius 1 is 1.27 bits per heavy atom. The Morgan fingerprint density at radius 3 is 2.49 bits per heavy atom. The Morgan fingerprint density at radius 2 is 1.92 bits per heavy atom. The van der Waals surface area contributed by atoms with Crippen molar-refractivity contribution in [2.45, 2.75) is 64.5 Å². The van der Waals surface area contributed by atoms with Crippen molar-refractivity contribution in [2.24, 2.45) is 17.1 Å². The molecule has 2 aliphatic heterocycles. The Balaban J connectivity index is 1.87. The molecule has 1 saturated heterocycles. The maximum Gasteiger partial charge on any atom is 0.471 e. The van der Waals surface area contributed by atoms with Crippen LogP contribution in [0.4, 0.5) is 19.0 Å². The number of hydrogen-bond acceptors (Lipinski definition) is 6. The number of alkyl halides is 3. The van der Waals surface area contributed by atoms with E-state index in [2.05, 4.69) is 10.4 Å². The van der Waals surface area contributed by atoms with Gasteiger partial charge in [-0.1, -0.05) is 13.8 Å². The standard InChI is InChI=1S/C22H30F3N7O5/c1-11(2)7-13(30(4)17(34)12(3)28-20(37)22(23,24)25)18(35)31-9-21(8-14(31)16(26)33)10-32-15(5-6-27-32)29-19(21)36/h5-6,11-14H,7-10H2,1-4H3,(H2,26,33)(H,28,37)(H,29,36)/t12?,13?,14-,21?/m0/s1. The molecule has 204 valence electrons. The van der Waals surface area contributed by atoms with Gasteiger partial charge in [-0.2, -0.15) is 18.3 Å². The number of primary amides is 1. The number of halogens is 3. The number of likely N-dealkylation sites (N-methyl/N-ethyl adjacent to an activating group) is 1. The Hall–Kier alpha value is -3.65. The predicted molar refractivity (Wildman–Crippen MR) is 122 cm³/mol. The summed E-state index contributed by atoms with van der Waals surface area (Å²) in [6.07, 6.45) is -3.65. The molecule has 5 amide bonds. The lowest BCUT2D eigenvalue weighted by Gasteiger charge is -2.36. The highest BCUT2D eigenvalue weighted by atomic mass is 19.4. The Labute approximate surface area is 210 Å². The van der Waals surface area contributed by atoms with Crippen LogP contribution in [0, 0.1) is 11.3 Å². The second-order valence-electron chi connectivity index (χ2n) is 9.98. The van der Waals surface area contributed by atoms with E-state index in [-0.39, 0.29) is 31.8 Å². The first-order valence-corrected chi connectivity index (χ1v) is 11.6. The molecular weight excluding hydrogens is 499 g/mol. The number of aromatic nitrogens is 2. The number of hydrogen-bond donors (Lipinski definition) is 3. The second kappa shape index (κ2) is 10.0. The maximum atomic E-state index is 13.8. The maximum absolute atomic E-state index is 13.8. The topological polar surface area (TPSA) is 160 Å². The van der Waals surface area contributed by atoms with Gasteiger partial charge in [0.25, 0.3) is 0 Å². The van der Waals surface area contributed by atoms with Crippen LogP contribution >= 0.6 is 0 Å². The highest BCUT2D eigenvalue weighted by Crippen LogP contribution is 2.41. The molecule has 4 atom stereocenters. The molecule has 3 heterocycles. The summed E-state index contributed by atoms with van der Waals surface area (Å²) in [6.45, 7) is 4.54. The van der Waals surface area contributed by atoms with Crippen LogP contribution in [-0.2, 0) is 30.5 Å². The SMILES string of the molecule is CC(C)CC(C(=O)N1CC2(C[C@H]1C(N)=O)Cn1nccc1NC2=O)N(C)C(=O)C(C)NC(=O)C(F)(F)F. The normalized spacial score (nSPS) is 22.9. The summed E-state index contributed by atoms with van der Waals surface area (Å²) < 4.78 is 39.5. The largest absolute Gasteiger partial charge is 0.471 e. The van der Waals surface area contributed by atoms with Gasteiger partial charge in [0, 0.05) is 19.7 Å². The van der Waals surface area contributed by atoms with Crippen molar-refractivity contribution < 1.29 is 37.1 Å². The number of nitrogens with one attached hydrogen (secondary N) is 2. The third-order valence-electron chi connectivity index (χ3n) is 6.71. The number of rotatable bonds is 7. The van der Waals surface area contributed by atoms with Crippen molar-refractivity contribution in [3.8, 4) is 0 Å². The number of anilines is 1. The van der Waals surface area contributed by atoms with E-state index < -0.39 is 59.3 Å². The minimum absolute atomic E-state index is 0.0662. The molecule has 4 N–H and O–H groups in total. The molecule has 0 radical (unpaired) electrons. The molecule has 0 aromatic carbocycles. The summed E-state index contributed by atoms with van der Waals surface area (Å²) in [5.41, 5.74) is 4.39. The van der Waals surface area contributed by atoms with Gasteiger partial charge >= 0.3 is 12.1 Å². The molecule has 0 aliphatic carbocycles. The van der Waals surface area contributed by atoms with Crippen LogP contribution in [0.2, 0.25) is 0 Å². The van der Waals surface area contributed by atoms with E-state index in [0.717, 1.165) is 16.7 Å². The third-order valence-corrected chi connectivity index (χ3v) is 6.71. The van der Waals surface area contributed by atoms with Gasteiger partial charge in [-0.3, -0.25) is 24.0 Å². The molecule has 1 spiro atoms. The van der Waals surface area contributed by atoms with Crippen LogP contribution in [0.1, 0.15) is 33.6 Å². The molecule has 3 rings (SSSR count). The minimum Gasteiger partial charge on any atom is -0.368 e. The number of likely N-dealkylation sites (tertiary alicyclic amines) is 1. The summed E-state index contributed by atoms with van der Waals surface area (Å²) >= 11 is 0. The fraction of sp³-hybridized carbons (Fsp3) is 0.636. The van der Waals surface area contributed by atoms with Crippen LogP contribution in [0.5, 0.6) is 0 Å². The lowest BCUT2D eigenvalue weighted by molar-refractivity contribution is -0.175. The first-order valence-electron chi connectivity index (χ1n) is 11.6. The molecule has 0 bridgehead atoms. The minimum atomic E-state index is -5.19. The summed E-state index contributed by atoms with van der Waals surface area (Å²) in [5, 5.41) is 8.45. The molecule has 1 fully saturated rings. The number of carbonyl (C=O) groups excluding carboxylic acids is 5. The zero-order valence-electron chi connectivity index (χ0n) is 20.8. The van der Waals surface area contributed by atoms with Crippen molar-refractivity contribution in [1.82, 2.24) is 24.9 Å². The van der Waals surface area contributed by atoms with Crippen molar-refractivity contribution in [3.05, 3.63) is 12.3 Å². The van der Waals surface area contributed by atoms with Crippen LogP contribution in [0.15, 0.2) is 12.3 Å². The van der Waals surface area contributed by atoms with Crippen molar-refractivity contribution in [3.63, 3.8) is 0 Å². The fourth-order valence-corrected chi connectivity index (χ4v) is 4.78. The van der Waals surface area contributed by atoms with Crippen LogP contribution in [-0.4, -0.2) is 87.0 Å². The summed E-state index contributed by atoms with van der Waals surface area (Å²) in [7, 11) is 1.23. The first kappa shape index (κ1) is 27.9. The van der Waals surface area contributed by atoms with Gasteiger partial charge in [0.1, 0.15) is 23.9 Å². The van der Waals surface area contributed by atoms with E-state index >= 15 is 0 Å². The van der Waals surface area contributed by atoms with Gasteiger partial charge in [0.15, 0.2) is 0 Å². The molecule has 3 unspecified atom stereocenters. The van der Waals surface area contributed by atoms with E-state index in [1.165, 1.54) is 13.2 Å². The van der Waals surface area contributed by atoms with Gasteiger partial charge in [-0.15, -0.1) is 0 Å². The third kappa shape index (κ3) is 5.54. The van der Waals surface area contributed by atoms with Gasteiger partial charge in [0.2, 0.25) is 23.6 Å². The van der Waals surface area contributed by atoms with E-state index in [1.807, 2.05) is 0 Å².